The van der Waals surface area contributed by atoms with Crippen LogP contribution in [-0.4, -0.2) is 23.5 Å². The summed E-state index contributed by atoms with van der Waals surface area (Å²) in [6.45, 7) is 0. The lowest BCUT2D eigenvalue weighted by Gasteiger charge is -2.06. The highest BCUT2D eigenvalue weighted by Crippen LogP contribution is 2.25. The van der Waals surface area contributed by atoms with Gasteiger partial charge in [-0.05, 0) is 48.5 Å². The minimum atomic E-state index is -3.74. The Bertz CT molecular complexity index is 990. The van der Waals surface area contributed by atoms with E-state index in [1.165, 1.54) is 42.7 Å². The molecule has 3 aromatic rings. The molecule has 2 aromatic heterocycles. The number of rotatable bonds is 5. The summed E-state index contributed by atoms with van der Waals surface area (Å²) in [6.07, 6.45) is 2.97. The summed E-state index contributed by atoms with van der Waals surface area (Å²) in [5.41, 5.74) is 0.418. The van der Waals surface area contributed by atoms with Crippen molar-refractivity contribution in [3.63, 3.8) is 0 Å². The molecule has 25 heavy (non-hydrogen) atoms. The van der Waals surface area contributed by atoms with Gasteiger partial charge in [0.1, 0.15) is 5.82 Å². The number of anilines is 1. The van der Waals surface area contributed by atoms with Gasteiger partial charge in [-0.1, -0.05) is 6.07 Å². The Morgan fingerprint density at radius 2 is 1.64 bits per heavy atom. The predicted octanol–water partition coefficient (Wildman–Crippen LogP) is 3.40. The first-order chi connectivity index (χ1) is 12.0. The van der Waals surface area contributed by atoms with Crippen LogP contribution in [0.5, 0.6) is 5.75 Å². The molecule has 8 nitrogen and oxygen atoms in total. The molecule has 0 unspecified atom stereocenters. The van der Waals surface area contributed by atoms with Gasteiger partial charge in [-0.25, -0.2) is 18.4 Å². The standard InChI is InChI=1S/C16H13N5O3S/c22-14-4-3-11-18-16(14)20-19-12-6-8-13(9-7-12)25(23,24)21-15-5-1-2-10-17-15/h1-11,22H,(H,17,21). The van der Waals surface area contributed by atoms with E-state index >= 15 is 0 Å². The average Bonchev–Trinajstić information content (AvgIpc) is 2.62. The smallest absolute Gasteiger partial charge is 0.263 e. The van der Waals surface area contributed by atoms with Crippen LogP contribution < -0.4 is 4.72 Å². The van der Waals surface area contributed by atoms with Crippen LogP contribution in [0, 0.1) is 0 Å². The molecule has 0 saturated carbocycles. The topological polar surface area (TPSA) is 117 Å². The van der Waals surface area contributed by atoms with Crippen molar-refractivity contribution in [1.29, 1.82) is 0 Å². The number of nitrogens with one attached hydrogen (secondary N) is 1. The van der Waals surface area contributed by atoms with E-state index in [1.54, 1.807) is 24.3 Å². The van der Waals surface area contributed by atoms with Crippen molar-refractivity contribution in [3.8, 4) is 5.75 Å². The number of pyridine rings is 2. The average molecular weight is 355 g/mol. The van der Waals surface area contributed by atoms with Crippen LogP contribution in [0.4, 0.5) is 17.3 Å². The summed E-state index contributed by atoms with van der Waals surface area (Å²) < 4.78 is 27.0. The van der Waals surface area contributed by atoms with Gasteiger partial charge in [0.15, 0.2) is 5.75 Å². The largest absolute Gasteiger partial charge is 0.504 e. The van der Waals surface area contributed by atoms with E-state index in [1.807, 2.05) is 0 Å². The van der Waals surface area contributed by atoms with Crippen molar-refractivity contribution < 1.29 is 13.5 Å². The van der Waals surface area contributed by atoms with Gasteiger partial charge in [-0.2, -0.15) is 0 Å². The number of aromatic nitrogens is 2. The van der Waals surface area contributed by atoms with Crippen molar-refractivity contribution >= 4 is 27.3 Å². The first-order valence-corrected chi connectivity index (χ1v) is 8.62. The first kappa shape index (κ1) is 16.5. The fraction of sp³-hybridized carbons (Fsp3) is 0. The fourth-order valence-electron chi connectivity index (χ4n) is 1.88. The van der Waals surface area contributed by atoms with Crippen LogP contribution in [0.1, 0.15) is 0 Å². The predicted molar refractivity (Wildman–Crippen MR) is 91.6 cm³/mol. The number of benzene rings is 1. The maximum absolute atomic E-state index is 12.3. The molecule has 0 aliphatic carbocycles. The molecule has 3 rings (SSSR count). The van der Waals surface area contributed by atoms with E-state index in [4.69, 9.17) is 0 Å². The highest BCUT2D eigenvalue weighted by molar-refractivity contribution is 7.92. The van der Waals surface area contributed by atoms with Crippen LogP contribution in [0.15, 0.2) is 82.1 Å². The molecule has 2 heterocycles. The van der Waals surface area contributed by atoms with Crippen LogP contribution in [-0.2, 0) is 10.0 Å². The Hall–Kier alpha value is -3.33. The van der Waals surface area contributed by atoms with E-state index < -0.39 is 10.0 Å². The summed E-state index contributed by atoms with van der Waals surface area (Å²) in [4.78, 5) is 7.86. The Labute approximate surface area is 144 Å². The van der Waals surface area contributed by atoms with Gasteiger partial charge in [-0.3, -0.25) is 4.72 Å². The Kier molecular flexibility index (Phi) is 4.66. The Morgan fingerprint density at radius 1 is 0.880 bits per heavy atom. The highest BCUT2D eigenvalue weighted by Gasteiger charge is 2.14. The SMILES string of the molecule is O=S(=O)(Nc1ccccn1)c1ccc(N=Nc2ncccc2O)cc1. The third-order valence-electron chi connectivity index (χ3n) is 3.08. The minimum absolute atomic E-state index is 0.0674. The van der Waals surface area contributed by atoms with Crippen molar-refractivity contribution in [3.05, 3.63) is 67.0 Å². The van der Waals surface area contributed by atoms with Crippen LogP contribution in [0.25, 0.3) is 0 Å². The molecule has 0 spiro atoms. The summed E-state index contributed by atoms with van der Waals surface area (Å²) in [6, 6.07) is 13.7. The van der Waals surface area contributed by atoms with Gasteiger partial charge in [0.05, 0.1) is 10.6 Å². The van der Waals surface area contributed by atoms with E-state index in [9.17, 15) is 13.5 Å². The van der Waals surface area contributed by atoms with Crippen LogP contribution in [0.3, 0.4) is 0 Å². The lowest BCUT2D eigenvalue weighted by Crippen LogP contribution is -2.13. The monoisotopic (exact) mass is 355 g/mol. The molecule has 0 saturated heterocycles. The maximum atomic E-state index is 12.3. The Morgan fingerprint density at radius 3 is 2.32 bits per heavy atom. The van der Waals surface area contributed by atoms with Crippen molar-refractivity contribution in [2.75, 3.05) is 4.72 Å². The number of hydrogen-bond donors (Lipinski definition) is 2. The number of aromatic hydroxyl groups is 1. The summed E-state index contributed by atoms with van der Waals surface area (Å²) in [7, 11) is -3.74. The Balaban J connectivity index is 1.77. The van der Waals surface area contributed by atoms with Gasteiger partial charge in [0.25, 0.3) is 10.0 Å². The van der Waals surface area contributed by atoms with Gasteiger partial charge in [0.2, 0.25) is 5.82 Å². The molecule has 126 valence electrons. The second-order valence-corrected chi connectivity index (χ2v) is 6.54. The van der Waals surface area contributed by atoms with E-state index in [0.29, 0.717) is 5.69 Å². The number of sulfonamides is 1. The molecule has 0 radical (unpaired) electrons. The second kappa shape index (κ2) is 7.05. The summed E-state index contributed by atoms with van der Waals surface area (Å²) >= 11 is 0. The molecule has 0 fully saturated rings. The third-order valence-corrected chi connectivity index (χ3v) is 4.45. The molecular formula is C16H13N5O3S. The number of hydrogen-bond acceptors (Lipinski definition) is 7. The molecule has 2 N–H and O–H groups in total. The lowest BCUT2D eigenvalue weighted by molar-refractivity contribution is 0.474. The quantitative estimate of drug-likeness (QED) is 0.680. The van der Waals surface area contributed by atoms with Gasteiger partial charge >= 0.3 is 0 Å². The lowest BCUT2D eigenvalue weighted by atomic mass is 10.3. The first-order valence-electron chi connectivity index (χ1n) is 7.14. The van der Waals surface area contributed by atoms with Crippen molar-refractivity contribution in [2.45, 2.75) is 4.90 Å². The summed E-state index contributed by atoms with van der Waals surface area (Å²) in [5.74, 6) is 0.220. The fourth-order valence-corrected chi connectivity index (χ4v) is 2.89. The van der Waals surface area contributed by atoms with E-state index in [2.05, 4.69) is 24.9 Å². The van der Waals surface area contributed by atoms with Crippen LogP contribution >= 0.6 is 0 Å². The van der Waals surface area contributed by atoms with Gasteiger partial charge < -0.3 is 5.11 Å². The second-order valence-electron chi connectivity index (χ2n) is 4.86. The number of azo groups is 1. The highest BCUT2D eigenvalue weighted by atomic mass is 32.2. The third kappa shape index (κ3) is 4.15. The zero-order valence-electron chi connectivity index (χ0n) is 12.8. The zero-order chi connectivity index (χ0) is 17.7. The molecule has 0 bridgehead atoms. The number of nitrogens with zero attached hydrogens (tertiary/aromatic N) is 4. The molecule has 0 aliphatic heterocycles. The molecule has 0 aliphatic rings. The maximum Gasteiger partial charge on any atom is 0.263 e. The minimum Gasteiger partial charge on any atom is -0.504 e. The van der Waals surface area contributed by atoms with Crippen LogP contribution in [0.2, 0.25) is 0 Å². The van der Waals surface area contributed by atoms with Crippen molar-refractivity contribution in [2.24, 2.45) is 10.2 Å². The van der Waals surface area contributed by atoms with E-state index in [0.717, 1.165) is 0 Å². The van der Waals surface area contributed by atoms with E-state index in [-0.39, 0.29) is 22.3 Å². The zero-order valence-corrected chi connectivity index (χ0v) is 13.6. The molecular weight excluding hydrogens is 342 g/mol. The van der Waals surface area contributed by atoms with Gasteiger partial charge in [-0.15, -0.1) is 10.2 Å². The molecule has 9 heteroatoms. The molecule has 0 amide bonds. The molecule has 0 atom stereocenters. The molecule has 1 aromatic carbocycles. The van der Waals surface area contributed by atoms with Crippen molar-refractivity contribution in [1.82, 2.24) is 9.97 Å². The van der Waals surface area contributed by atoms with Gasteiger partial charge in [0, 0.05) is 12.4 Å². The normalized spacial score (nSPS) is 11.5. The summed E-state index contributed by atoms with van der Waals surface area (Å²) in [5, 5.41) is 17.3.